The molecule has 0 spiro atoms. The van der Waals surface area contributed by atoms with Gasteiger partial charge in [0.05, 0.1) is 17.3 Å². The molecule has 2 heterocycles. The first kappa shape index (κ1) is 10.7. The molecular weight excluding hydrogens is 202 g/mol. The summed E-state index contributed by atoms with van der Waals surface area (Å²) in [5.41, 5.74) is 2.65. The van der Waals surface area contributed by atoms with Gasteiger partial charge in [-0.15, -0.1) is 0 Å². The monoisotopic (exact) mass is 217 g/mol. The molecule has 0 radical (unpaired) electrons. The molecule has 0 saturated carbocycles. The lowest BCUT2D eigenvalue weighted by atomic mass is 10.1. The van der Waals surface area contributed by atoms with E-state index in [1.165, 1.54) is 5.56 Å². The van der Waals surface area contributed by atoms with E-state index < -0.39 is 0 Å². The smallest absolute Gasteiger partial charge is 0.254 e. The maximum absolute atomic E-state index is 11.5. The number of fused-ring (bicyclic) bond motifs is 1. The van der Waals surface area contributed by atoms with Gasteiger partial charge in [0.15, 0.2) is 0 Å². The van der Waals surface area contributed by atoms with Gasteiger partial charge in [-0.05, 0) is 17.5 Å². The first-order valence-corrected chi connectivity index (χ1v) is 5.33. The Hall–Kier alpha value is -1.84. The van der Waals surface area contributed by atoms with Crippen LogP contribution in [0, 0.1) is 0 Å². The zero-order valence-corrected chi connectivity index (χ0v) is 9.69. The Balaban J connectivity index is 2.54. The first-order valence-electron chi connectivity index (χ1n) is 5.33. The Morgan fingerprint density at radius 1 is 1.44 bits per heavy atom. The molecule has 2 aromatic heterocycles. The Kier molecular flexibility index (Phi) is 2.64. The minimum absolute atomic E-state index is 0.104. The van der Waals surface area contributed by atoms with Crippen molar-refractivity contribution in [3.8, 4) is 0 Å². The molecule has 0 saturated heterocycles. The Morgan fingerprint density at radius 2 is 2.19 bits per heavy atom. The largest absolute Gasteiger partial charge is 0.355 e. The fraction of sp³-hybridized carbons (Fsp3) is 0.333. The molecule has 0 fully saturated rings. The molecule has 4 heteroatoms. The summed E-state index contributed by atoms with van der Waals surface area (Å²) in [7, 11) is 1.62. The summed E-state index contributed by atoms with van der Waals surface area (Å²) in [5.74, 6) is 0.351. The molecule has 1 amide bonds. The van der Waals surface area contributed by atoms with Crippen molar-refractivity contribution in [3.63, 3.8) is 0 Å². The summed E-state index contributed by atoms with van der Waals surface area (Å²) < 4.78 is 1.75. The van der Waals surface area contributed by atoms with E-state index >= 15 is 0 Å². The number of rotatable bonds is 2. The molecule has 0 aliphatic heterocycles. The van der Waals surface area contributed by atoms with Crippen molar-refractivity contribution in [1.29, 1.82) is 0 Å². The highest BCUT2D eigenvalue weighted by Gasteiger charge is 2.11. The lowest BCUT2D eigenvalue weighted by Gasteiger charge is -2.05. The standard InChI is InChI=1S/C12H15N3O/c1-8(2)9-4-5-11-10(12(16)13-3)6-14-15(11)7-9/h4-8H,1-3H3,(H,13,16). The number of carbonyl (C=O) groups is 1. The van der Waals surface area contributed by atoms with E-state index in [0.29, 0.717) is 11.5 Å². The highest BCUT2D eigenvalue weighted by Crippen LogP contribution is 2.17. The van der Waals surface area contributed by atoms with E-state index in [0.717, 1.165) is 5.52 Å². The second-order valence-corrected chi connectivity index (χ2v) is 4.08. The number of amides is 1. The third-order valence-electron chi connectivity index (χ3n) is 2.68. The van der Waals surface area contributed by atoms with E-state index in [9.17, 15) is 4.79 Å². The number of pyridine rings is 1. The van der Waals surface area contributed by atoms with Gasteiger partial charge in [0, 0.05) is 13.2 Å². The predicted octanol–water partition coefficient (Wildman–Crippen LogP) is 1.82. The molecule has 0 aliphatic carbocycles. The van der Waals surface area contributed by atoms with Crippen LogP contribution in [0.25, 0.3) is 5.52 Å². The Morgan fingerprint density at radius 3 is 2.81 bits per heavy atom. The number of nitrogens with zero attached hydrogens (tertiary/aromatic N) is 2. The molecule has 84 valence electrons. The summed E-state index contributed by atoms with van der Waals surface area (Å²) in [5, 5.41) is 6.79. The van der Waals surface area contributed by atoms with Gasteiger partial charge in [-0.3, -0.25) is 4.79 Å². The first-order chi connectivity index (χ1) is 7.63. The zero-order chi connectivity index (χ0) is 11.7. The zero-order valence-electron chi connectivity index (χ0n) is 9.69. The molecule has 1 N–H and O–H groups in total. The van der Waals surface area contributed by atoms with E-state index in [-0.39, 0.29) is 5.91 Å². The quantitative estimate of drug-likeness (QED) is 0.834. The van der Waals surface area contributed by atoms with Crippen molar-refractivity contribution in [2.45, 2.75) is 19.8 Å². The second kappa shape index (κ2) is 3.96. The third kappa shape index (κ3) is 1.66. The van der Waals surface area contributed by atoms with Gasteiger partial charge in [-0.2, -0.15) is 5.10 Å². The predicted molar refractivity (Wildman–Crippen MR) is 62.7 cm³/mol. The molecular formula is C12H15N3O. The van der Waals surface area contributed by atoms with Crippen LogP contribution in [0.15, 0.2) is 24.5 Å². The lowest BCUT2D eigenvalue weighted by molar-refractivity contribution is 0.0964. The van der Waals surface area contributed by atoms with Crippen LogP contribution in [-0.2, 0) is 0 Å². The van der Waals surface area contributed by atoms with Gasteiger partial charge < -0.3 is 5.32 Å². The topological polar surface area (TPSA) is 46.4 Å². The highest BCUT2D eigenvalue weighted by molar-refractivity contribution is 6.00. The van der Waals surface area contributed by atoms with Crippen LogP contribution in [0.3, 0.4) is 0 Å². The molecule has 0 bridgehead atoms. The average molecular weight is 217 g/mol. The molecule has 2 rings (SSSR count). The molecule has 0 atom stereocenters. The summed E-state index contributed by atoms with van der Waals surface area (Å²) in [6.07, 6.45) is 3.56. The molecule has 2 aromatic rings. The van der Waals surface area contributed by atoms with Crippen molar-refractivity contribution in [2.75, 3.05) is 7.05 Å². The van der Waals surface area contributed by atoms with Crippen molar-refractivity contribution in [3.05, 3.63) is 35.7 Å². The van der Waals surface area contributed by atoms with E-state index in [2.05, 4.69) is 24.3 Å². The van der Waals surface area contributed by atoms with Crippen LogP contribution in [-0.4, -0.2) is 22.6 Å². The van der Waals surface area contributed by atoms with Crippen LogP contribution in [0.2, 0.25) is 0 Å². The maximum Gasteiger partial charge on any atom is 0.254 e. The van der Waals surface area contributed by atoms with Crippen molar-refractivity contribution in [1.82, 2.24) is 14.9 Å². The molecule has 4 nitrogen and oxygen atoms in total. The van der Waals surface area contributed by atoms with Crippen LogP contribution in [0.5, 0.6) is 0 Å². The van der Waals surface area contributed by atoms with E-state index in [4.69, 9.17) is 0 Å². The normalized spacial score (nSPS) is 11.0. The average Bonchev–Trinajstić information content (AvgIpc) is 2.70. The van der Waals surface area contributed by atoms with E-state index in [1.807, 2.05) is 18.3 Å². The summed E-state index contributed by atoms with van der Waals surface area (Å²) in [4.78, 5) is 11.5. The second-order valence-electron chi connectivity index (χ2n) is 4.08. The fourth-order valence-electron chi connectivity index (χ4n) is 1.65. The van der Waals surface area contributed by atoms with Crippen LogP contribution in [0.1, 0.15) is 35.7 Å². The number of aromatic nitrogens is 2. The van der Waals surface area contributed by atoms with Crippen LogP contribution < -0.4 is 5.32 Å². The van der Waals surface area contributed by atoms with Crippen molar-refractivity contribution < 1.29 is 4.79 Å². The fourth-order valence-corrected chi connectivity index (χ4v) is 1.65. The summed E-state index contributed by atoms with van der Waals surface area (Å²) >= 11 is 0. The molecule has 16 heavy (non-hydrogen) atoms. The number of hydrogen-bond donors (Lipinski definition) is 1. The molecule has 0 aliphatic rings. The summed E-state index contributed by atoms with van der Waals surface area (Å²) in [6, 6.07) is 3.97. The number of nitrogens with one attached hydrogen (secondary N) is 1. The van der Waals surface area contributed by atoms with Crippen molar-refractivity contribution >= 4 is 11.4 Å². The number of carbonyl (C=O) groups excluding carboxylic acids is 1. The highest BCUT2D eigenvalue weighted by atomic mass is 16.1. The third-order valence-corrected chi connectivity index (χ3v) is 2.68. The maximum atomic E-state index is 11.5. The Labute approximate surface area is 94.3 Å². The van der Waals surface area contributed by atoms with Gasteiger partial charge in [0.2, 0.25) is 0 Å². The van der Waals surface area contributed by atoms with Gasteiger partial charge in [-0.1, -0.05) is 19.9 Å². The van der Waals surface area contributed by atoms with Crippen LogP contribution >= 0.6 is 0 Å². The molecule has 0 unspecified atom stereocenters. The Bertz CT molecular complexity index is 528. The van der Waals surface area contributed by atoms with Gasteiger partial charge in [0.25, 0.3) is 5.91 Å². The molecule has 0 aromatic carbocycles. The number of hydrogen-bond acceptors (Lipinski definition) is 2. The lowest BCUT2D eigenvalue weighted by Crippen LogP contribution is -2.17. The minimum Gasteiger partial charge on any atom is -0.355 e. The van der Waals surface area contributed by atoms with Crippen LogP contribution in [0.4, 0.5) is 0 Å². The van der Waals surface area contributed by atoms with E-state index in [1.54, 1.807) is 17.8 Å². The van der Waals surface area contributed by atoms with Gasteiger partial charge in [-0.25, -0.2) is 4.52 Å². The van der Waals surface area contributed by atoms with Gasteiger partial charge in [0.1, 0.15) is 0 Å². The summed E-state index contributed by atoms with van der Waals surface area (Å²) in [6.45, 7) is 4.26. The minimum atomic E-state index is -0.104. The van der Waals surface area contributed by atoms with Crippen molar-refractivity contribution in [2.24, 2.45) is 0 Å². The SMILES string of the molecule is CNC(=O)c1cnn2cc(C(C)C)ccc12. The van der Waals surface area contributed by atoms with Gasteiger partial charge >= 0.3 is 0 Å².